The molecule has 0 aliphatic carbocycles. The number of allylic oxidation sites excluding steroid dienone is 2. The highest BCUT2D eigenvalue weighted by Gasteiger charge is 2.15. The molecule has 1 rings (SSSR count). The van der Waals surface area contributed by atoms with Crippen molar-refractivity contribution in [2.75, 3.05) is 0 Å². The molecule has 0 atom stereocenters. The van der Waals surface area contributed by atoms with Gasteiger partial charge in [-0.05, 0) is 23.2 Å². The van der Waals surface area contributed by atoms with Crippen LogP contribution in [0.4, 0.5) is 0 Å². The fourth-order valence-corrected chi connectivity index (χ4v) is 1.34. The third kappa shape index (κ3) is 1.23. The van der Waals surface area contributed by atoms with Gasteiger partial charge in [0.2, 0.25) is 0 Å². The zero-order chi connectivity index (χ0) is 5.28. The van der Waals surface area contributed by atoms with Gasteiger partial charge in [-0.3, -0.25) is 0 Å². The van der Waals surface area contributed by atoms with Crippen molar-refractivity contribution in [3.63, 3.8) is 0 Å². The smallest absolute Gasteiger partial charge is 0.000987 e. The summed E-state index contributed by atoms with van der Waals surface area (Å²) in [4.78, 5) is 3.18. The van der Waals surface area contributed by atoms with E-state index in [2.05, 4.69) is 13.8 Å². The quantitative estimate of drug-likeness (QED) is 0.532. The molecular formula is C6H10S. The Kier molecular flexibility index (Phi) is 1.43. The van der Waals surface area contributed by atoms with Crippen LogP contribution in [-0.4, -0.2) is 0 Å². The van der Waals surface area contributed by atoms with Crippen molar-refractivity contribution in [2.45, 2.75) is 26.7 Å². The molecular weight excluding hydrogens is 104 g/mol. The summed E-state index contributed by atoms with van der Waals surface area (Å²) in [6.07, 6.45) is 2.62. The van der Waals surface area contributed by atoms with Gasteiger partial charge in [-0.25, -0.2) is 0 Å². The van der Waals surface area contributed by atoms with E-state index in [0.717, 1.165) is 0 Å². The lowest BCUT2D eigenvalue weighted by molar-refractivity contribution is 0.953. The molecule has 1 aliphatic rings. The standard InChI is InChI=1S/C6H10S/c1-3-4-6-5(2)7-6/h3-4H2,1-2H3. The number of rotatable bonds is 2. The van der Waals surface area contributed by atoms with Crippen LogP contribution in [0.25, 0.3) is 0 Å². The lowest BCUT2D eigenvalue weighted by Gasteiger charge is -1.77. The predicted octanol–water partition coefficient (Wildman–Crippen LogP) is 2.76. The van der Waals surface area contributed by atoms with Gasteiger partial charge in [0.25, 0.3) is 0 Å². The third-order valence-electron chi connectivity index (χ3n) is 1.10. The first-order valence-corrected chi connectivity index (χ1v) is 3.54. The van der Waals surface area contributed by atoms with E-state index in [4.69, 9.17) is 0 Å². The van der Waals surface area contributed by atoms with Crippen LogP contribution >= 0.6 is 11.8 Å². The highest BCUT2D eigenvalue weighted by molar-refractivity contribution is 8.13. The Hall–Kier alpha value is 0.0900. The summed E-state index contributed by atoms with van der Waals surface area (Å²) in [5.74, 6) is 0. The van der Waals surface area contributed by atoms with E-state index < -0.39 is 0 Å². The SMILES string of the molecule is CCCC1=C(C)S1. The zero-order valence-corrected chi connectivity index (χ0v) is 5.64. The first-order chi connectivity index (χ1) is 3.34. The fourth-order valence-electron chi connectivity index (χ4n) is 0.613. The second-order valence-electron chi connectivity index (χ2n) is 1.83. The second kappa shape index (κ2) is 1.91. The minimum Gasteiger partial charge on any atom is -0.0976 e. The van der Waals surface area contributed by atoms with Crippen molar-refractivity contribution in [2.24, 2.45) is 0 Å². The Morgan fingerprint density at radius 2 is 2.14 bits per heavy atom. The Morgan fingerprint density at radius 3 is 2.29 bits per heavy atom. The summed E-state index contributed by atoms with van der Waals surface area (Å²) in [7, 11) is 0. The maximum Gasteiger partial charge on any atom is -0.000987 e. The van der Waals surface area contributed by atoms with E-state index in [1.54, 1.807) is 9.81 Å². The van der Waals surface area contributed by atoms with E-state index in [0.29, 0.717) is 0 Å². The van der Waals surface area contributed by atoms with Crippen molar-refractivity contribution in [1.29, 1.82) is 0 Å². The third-order valence-corrected chi connectivity index (χ3v) is 2.21. The summed E-state index contributed by atoms with van der Waals surface area (Å²) >= 11 is 1.95. The van der Waals surface area contributed by atoms with Gasteiger partial charge in [-0.2, -0.15) is 0 Å². The number of hydrogen-bond donors (Lipinski definition) is 0. The van der Waals surface area contributed by atoms with E-state index in [1.807, 2.05) is 11.8 Å². The highest BCUT2D eigenvalue weighted by atomic mass is 32.2. The largest absolute Gasteiger partial charge is 0.0976 e. The van der Waals surface area contributed by atoms with E-state index >= 15 is 0 Å². The van der Waals surface area contributed by atoms with Crippen LogP contribution in [0, 0.1) is 0 Å². The van der Waals surface area contributed by atoms with E-state index in [1.165, 1.54) is 12.8 Å². The van der Waals surface area contributed by atoms with Gasteiger partial charge in [0, 0.05) is 0 Å². The van der Waals surface area contributed by atoms with E-state index in [-0.39, 0.29) is 0 Å². The lowest BCUT2D eigenvalue weighted by Crippen LogP contribution is -1.58. The number of thioether (sulfide) groups is 1. The molecule has 0 unspecified atom stereocenters. The first kappa shape index (κ1) is 5.23. The molecule has 0 aromatic heterocycles. The Labute approximate surface area is 49.0 Å². The molecule has 0 bridgehead atoms. The predicted molar refractivity (Wildman–Crippen MR) is 35.2 cm³/mol. The van der Waals surface area contributed by atoms with Crippen molar-refractivity contribution >= 4 is 11.8 Å². The van der Waals surface area contributed by atoms with Gasteiger partial charge >= 0.3 is 0 Å². The fraction of sp³-hybridized carbons (Fsp3) is 0.667. The van der Waals surface area contributed by atoms with Gasteiger partial charge in [-0.15, -0.1) is 0 Å². The topological polar surface area (TPSA) is 0 Å². The average molecular weight is 114 g/mol. The number of hydrogen-bond acceptors (Lipinski definition) is 1. The van der Waals surface area contributed by atoms with Crippen LogP contribution < -0.4 is 0 Å². The monoisotopic (exact) mass is 114 g/mol. The Balaban J connectivity index is 2.19. The highest BCUT2D eigenvalue weighted by Crippen LogP contribution is 2.46. The molecule has 1 aliphatic heterocycles. The molecule has 0 saturated heterocycles. The van der Waals surface area contributed by atoms with Crippen molar-refractivity contribution in [3.8, 4) is 0 Å². The molecule has 1 heterocycles. The average Bonchev–Trinajstić information content (AvgIpc) is 2.22. The Bertz CT molecular complexity index is 103. The minimum atomic E-state index is 1.31. The van der Waals surface area contributed by atoms with Crippen molar-refractivity contribution in [1.82, 2.24) is 0 Å². The maximum atomic E-state index is 2.22. The van der Waals surface area contributed by atoms with Gasteiger partial charge in [-0.1, -0.05) is 25.1 Å². The van der Waals surface area contributed by atoms with Gasteiger partial charge in [0.05, 0.1) is 0 Å². The summed E-state index contributed by atoms with van der Waals surface area (Å²) in [6, 6.07) is 0. The van der Waals surface area contributed by atoms with Gasteiger partial charge in [0.15, 0.2) is 0 Å². The molecule has 40 valence electrons. The van der Waals surface area contributed by atoms with Crippen LogP contribution in [0.3, 0.4) is 0 Å². The minimum absolute atomic E-state index is 1.31. The van der Waals surface area contributed by atoms with Crippen LogP contribution in [-0.2, 0) is 0 Å². The molecule has 0 radical (unpaired) electrons. The molecule has 0 fully saturated rings. The van der Waals surface area contributed by atoms with Crippen LogP contribution in [0.2, 0.25) is 0 Å². The zero-order valence-electron chi connectivity index (χ0n) is 4.82. The summed E-state index contributed by atoms with van der Waals surface area (Å²) in [5, 5.41) is 0. The van der Waals surface area contributed by atoms with E-state index in [9.17, 15) is 0 Å². The summed E-state index contributed by atoms with van der Waals surface area (Å²) in [5.41, 5.74) is 0. The van der Waals surface area contributed by atoms with Crippen LogP contribution in [0.15, 0.2) is 9.81 Å². The molecule has 0 nitrogen and oxygen atoms in total. The molecule has 0 amide bonds. The molecule has 7 heavy (non-hydrogen) atoms. The molecule has 0 N–H and O–H groups in total. The summed E-state index contributed by atoms with van der Waals surface area (Å²) < 4.78 is 0. The van der Waals surface area contributed by atoms with Crippen LogP contribution in [0.5, 0.6) is 0 Å². The molecule has 0 spiro atoms. The van der Waals surface area contributed by atoms with Crippen molar-refractivity contribution < 1.29 is 0 Å². The van der Waals surface area contributed by atoms with Crippen LogP contribution in [0.1, 0.15) is 26.7 Å². The van der Waals surface area contributed by atoms with Crippen molar-refractivity contribution in [3.05, 3.63) is 9.81 Å². The lowest BCUT2D eigenvalue weighted by atomic mass is 10.3. The molecule has 0 saturated carbocycles. The van der Waals surface area contributed by atoms with Gasteiger partial charge < -0.3 is 0 Å². The molecule has 0 aromatic rings. The second-order valence-corrected chi connectivity index (χ2v) is 3.14. The first-order valence-electron chi connectivity index (χ1n) is 2.72. The van der Waals surface area contributed by atoms with Gasteiger partial charge in [0.1, 0.15) is 0 Å². The normalized spacial score (nSPS) is 18.0. The molecule has 1 heteroatoms. The maximum absolute atomic E-state index is 2.22. The molecule has 0 aromatic carbocycles. The summed E-state index contributed by atoms with van der Waals surface area (Å²) in [6.45, 7) is 4.41. The Morgan fingerprint density at radius 1 is 1.57 bits per heavy atom.